The minimum atomic E-state index is -0.883. The highest BCUT2D eigenvalue weighted by molar-refractivity contribution is 9.12. The quantitative estimate of drug-likeness (QED) is 0.0615. The van der Waals surface area contributed by atoms with E-state index in [0.29, 0.717) is 31.3 Å². The molecule has 0 aromatic heterocycles. The van der Waals surface area contributed by atoms with Crippen molar-refractivity contribution in [3.63, 3.8) is 0 Å². The molecule has 10 heteroatoms. The lowest BCUT2D eigenvalue weighted by Gasteiger charge is -2.45. The van der Waals surface area contributed by atoms with E-state index in [4.69, 9.17) is 33.2 Å². The average molecular weight is 793 g/mol. The molecule has 0 spiro atoms. The summed E-state index contributed by atoms with van der Waals surface area (Å²) >= 11 is 7.62. The lowest BCUT2D eigenvalue weighted by molar-refractivity contribution is -0.321. The van der Waals surface area contributed by atoms with E-state index in [9.17, 15) is 4.79 Å². The van der Waals surface area contributed by atoms with E-state index in [0.717, 1.165) is 49.0 Å². The lowest BCUT2D eigenvalue weighted by Crippen LogP contribution is -2.62. The maximum absolute atomic E-state index is 12.5. The number of benzene rings is 3. The molecule has 0 N–H and O–H groups in total. The standard InChI is InChI=1S/C38H48Br2O8/c1-28(41)47-37-36(46-26-31-18-10-5-11-19-31)35(45-25-30-16-8-4-9-17-30)34(27-43-24-29-14-6-3-7-15-29)48-38(37)44-23-13-21-33(40)32(39)20-12-22-42-2/h3-11,14-19,32-38H,12-13,20-27H2,1-2H3/t32?,33?,34?,35-,36-,37?,38+/m0/s1. The average Bonchev–Trinajstić information content (AvgIpc) is 3.10. The molecule has 1 aliphatic heterocycles. The van der Waals surface area contributed by atoms with Crippen LogP contribution in [0.3, 0.4) is 0 Å². The fourth-order valence-electron chi connectivity index (χ4n) is 5.52. The summed E-state index contributed by atoms with van der Waals surface area (Å²) in [6.07, 6.45) is 0.00723. The number of methoxy groups -OCH3 is 1. The van der Waals surface area contributed by atoms with E-state index in [1.54, 1.807) is 7.11 Å². The first-order valence-corrected chi connectivity index (χ1v) is 18.4. The second-order valence-corrected chi connectivity index (χ2v) is 14.2. The molecule has 8 nitrogen and oxygen atoms in total. The molecule has 262 valence electrons. The van der Waals surface area contributed by atoms with Gasteiger partial charge < -0.3 is 33.2 Å². The van der Waals surface area contributed by atoms with Gasteiger partial charge in [0.05, 0.1) is 26.4 Å². The molecular formula is C38H48Br2O8. The molecule has 1 heterocycles. The molecule has 1 fully saturated rings. The summed E-state index contributed by atoms with van der Waals surface area (Å²) in [6, 6.07) is 29.8. The second-order valence-electron chi connectivity index (χ2n) is 11.8. The number of carbonyl (C=O) groups excluding carboxylic acids is 1. The number of carbonyl (C=O) groups is 1. The zero-order valence-electron chi connectivity index (χ0n) is 27.8. The van der Waals surface area contributed by atoms with Gasteiger partial charge in [-0.2, -0.15) is 0 Å². The van der Waals surface area contributed by atoms with Crippen LogP contribution in [-0.2, 0) is 57.8 Å². The Morgan fingerprint density at radius 3 is 1.71 bits per heavy atom. The topological polar surface area (TPSA) is 81.7 Å². The summed E-state index contributed by atoms with van der Waals surface area (Å²) in [4.78, 5) is 13.1. The van der Waals surface area contributed by atoms with Gasteiger partial charge in [0.1, 0.15) is 18.3 Å². The molecule has 0 aliphatic carbocycles. The molecule has 1 aliphatic rings. The van der Waals surface area contributed by atoms with Gasteiger partial charge in [-0.05, 0) is 42.4 Å². The van der Waals surface area contributed by atoms with Crippen LogP contribution in [0.15, 0.2) is 91.0 Å². The molecule has 0 bridgehead atoms. The van der Waals surface area contributed by atoms with E-state index in [1.165, 1.54) is 6.92 Å². The molecule has 3 aromatic rings. The van der Waals surface area contributed by atoms with Gasteiger partial charge in [-0.3, -0.25) is 4.79 Å². The Morgan fingerprint density at radius 1 is 0.688 bits per heavy atom. The highest BCUT2D eigenvalue weighted by Crippen LogP contribution is 2.32. The second kappa shape index (κ2) is 21.8. The van der Waals surface area contributed by atoms with Gasteiger partial charge in [-0.25, -0.2) is 0 Å². The molecule has 0 saturated carbocycles. The van der Waals surface area contributed by atoms with Crippen molar-refractivity contribution in [2.24, 2.45) is 0 Å². The number of alkyl halides is 2. The SMILES string of the molecule is COCCCC(Br)C(Br)CCCO[C@@H]1OC(COCc2ccccc2)[C@H](OCc2ccccc2)[C@H](OCc2ccccc2)C1OC(C)=O. The fourth-order valence-corrected chi connectivity index (χ4v) is 6.69. The van der Waals surface area contributed by atoms with Crippen LogP contribution in [-0.4, -0.2) is 73.3 Å². The Labute approximate surface area is 302 Å². The van der Waals surface area contributed by atoms with Crippen molar-refractivity contribution >= 4 is 37.8 Å². The zero-order chi connectivity index (χ0) is 34.0. The van der Waals surface area contributed by atoms with Crippen molar-refractivity contribution in [1.82, 2.24) is 0 Å². The van der Waals surface area contributed by atoms with Gasteiger partial charge >= 0.3 is 5.97 Å². The highest BCUT2D eigenvalue weighted by Gasteiger charge is 2.50. The third-order valence-electron chi connectivity index (χ3n) is 7.98. The highest BCUT2D eigenvalue weighted by atomic mass is 79.9. The van der Waals surface area contributed by atoms with Gasteiger partial charge in [0, 0.05) is 36.9 Å². The Balaban J connectivity index is 1.52. The molecular weight excluding hydrogens is 744 g/mol. The maximum atomic E-state index is 12.5. The first-order valence-electron chi connectivity index (χ1n) is 16.6. The van der Waals surface area contributed by atoms with Gasteiger partial charge in [0.25, 0.3) is 0 Å². The van der Waals surface area contributed by atoms with Crippen molar-refractivity contribution in [2.75, 3.05) is 26.9 Å². The number of halogens is 2. The van der Waals surface area contributed by atoms with E-state index >= 15 is 0 Å². The molecule has 1 saturated heterocycles. The van der Waals surface area contributed by atoms with Crippen molar-refractivity contribution in [3.05, 3.63) is 108 Å². The summed E-state index contributed by atoms with van der Waals surface area (Å²) in [5, 5.41) is 0. The Hall–Kier alpha value is -2.15. The van der Waals surface area contributed by atoms with E-state index in [1.807, 2.05) is 91.0 Å². The zero-order valence-corrected chi connectivity index (χ0v) is 31.0. The van der Waals surface area contributed by atoms with Crippen LogP contribution in [0, 0.1) is 0 Å². The molecule has 48 heavy (non-hydrogen) atoms. The third kappa shape index (κ3) is 13.3. The van der Waals surface area contributed by atoms with Crippen LogP contribution in [0.25, 0.3) is 0 Å². The van der Waals surface area contributed by atoms with Crippen molar-refractivity contribution in [3.8, 4) is 0 Å². The number of hydrogen-bond acceptors (Lipinski definition) is 8. The summed E-state index contributed by atoms with van der Waals surface area (Å²) in [5.41, 5.74) is 3.04. The van der Waals surface area contributed by atoms with E-state index in [-0.39, 0.29) is 11.4 Å². The van der Waals surface area contributed by atoms with Gasteiger partial charge in [-0.1, -0.05) is 123 Å². The van der Waals surface area contributed by atoms with E-state index in [2.05, 4.69) is 31.9 Å². The first kappa shape index (κ1) is 38.6. The van der Waals surface area contributed by atoms with Crippen LogP contribution in [0.1, 0.15) is 49.3 Å². The number of rotatable bonds is 21. The number of ether oxygens (including phenoxy) is 7. The third-order valence-corrected chi connectivity index (χ3v) is 10.9. The number of hydrogen-bond donors (Lipinski definition) is 0. The maximum Gasteiger partial charge on any atom is 0.303 e. The minimum absolute atomic E-state index is 0.225. The predicted octanol–water partition coefficient (Wildman–Crippen LogP) is 7.78. The number of esters is 1. The van der Waals surface area contributed by atoms with Crippen LogP contribution in [0.4, 0.5) is 0 Å². The summed E-state index contributed by atoms with van der Waals surface area (Å²) in [7, 11) is 1.72. The molecule has 0 amide bonds. The lowest BCUT2D eigenvalue weighted by atomic mass is 9.97. The van der Waals surface area contributed by atoms with E-state index < -0.39 is 36.7 Å². The first-order chi connectivity index (χ1) is 23.4. The van der Waals surface area contributed by atoms with Gasteiger partial charge in [-0.15, -0.1) is 0 Å². The van der Waals surface area contributed by atoms with Crippen LogP contribution in [0.5, 0.6) is 0 Å². The van der Waals surface area contributed by atoms with Crippen LogP contribution >= 0.6 is 31.9 Å². The van der Waals surface area contributed by atoms with Crippen molar-refractivity contribution in [2.45, 2.75) is 92.8 Å². The largest absolute Gasteiger partial charge is 0.454 e. The molecule has 0 radical (unpaired) electrons. The van der Waals surface area contributed by atoms with Gasteiger partial charge in [0.15, 0.2) is 12.4 Å². The summed E-state index contributed by atoms with van der Waals surface area (Å²) in [5.74, 6) is -0.454. The van der Waals surface area contributed by atoms with Crippen LogP contribution in [0.2, 0.25) is 0 Å². The normalized spacial score (nSPS) is 22.2. The van der Waals surface area contributed by atoms with Crippen molar-refractivity contribution in [1.29, 1.82) is 0 Å². The predicted molar refractivity (Wildman–Crippen MR) is 192 cm³/mol. The van der Waals surface area contributed by atoms with Crippen molar-refractivity contribution < 1.29 is 38.0 Å². The Kier molecular flexibility index (Phi) is 17.6. The smallest absolute Gasteiger partial charge is 0.303 e. The Bertz CT molecular complexity index is 1290. The minimum Gasteiger partial charge on any atom is -0.454 e. The summed E-state index contributed by atoms with van der Waals surface area (Å²) < 4.78 is 43.4. The fraction of sp³-hybridized carbons (Fsp3) is 0.500. The Morgan fingerprint density at radius 2 is 1.19 bits per heavy atom. The summed E-state index contributed by atoms with van der Waals surface area (Å²) in [6.45, 7) is 3.77. The molecule has 4 unspecified atom stereocenters. The monoisotopic (exact) mass is 790 g/mol. The van der Waals surface area contributed by atoms with Crippen LogP contribution < -0.4 is 0 Å². The molecule has 7 atom stereocenters. The molecule has 4 rings (SSSR count). The van der Waals surface area contributed by atoms with Gasteiger partial charge in [0.2, 0.25) is 0 Å². The molecule has 3 aromatic carbocycles.